The lowest BCUT2D eigenvalue weighted by molar-refractivity contribution is -0.117. The first-order valence-electron chi connectivity index (χ1n) is 6.71. The Labute approximate surface area is 123 Å². The summed E-state index contributed by atoms with van der Waals surface area (Å²) in [6.45, 7) is 3.34. The molecule has 0 bridgehead atoms. The molecule has 2 amide bonds. The third-order valence-electron chi connectivity index (χ3n) is 3.11. The summed E-state index contributed by atoms with van der Waals surface area (Å²) >= 11 is 0. The van der Waals surface area contributed by atoms with Crippen molar-refractivity contribution in [2.75, 3.05) is 24.3 Å². The molecule has 7 nitrogen and oxygen atoms in total. The zero-order chi connectivity index (χ0) is 15.6. The van der Waals surface area contributed by atoms with E-state index in [1.807, 2.05) is 6.92 Å². The van der Waals surface area contributed by atoms with Gasteiger partial charge >= 0.3 is 0 Å². The van der Waals surface area contributed by atoms with E-state index >= 15 is 0 Å². The van der Waals surface area contributed by atoms with E-state index in [4.69, 9.17) is 0 Å². The van der Waals surface area contributed by atoms with Crippen molar-refractivity contribution in [3.63, 3.8) is 0 Å². The zero-order valence-corrected chi connectivity index (χ0v) is 12.6. The van der Waals surface area contributed by atoms with Gasteiger partial charge in [-0.3, -0.25) is 14.6 Å². The lowest BCUT2D eigenvalue weighted by Gasteiger charge is -2.26. The van der Waals surface area contributed by atoms with Crippen molar-refractivity contribution in [3.05, 3.63) is 18.2 Å². The minimum absolute atomic E-state index is 0.102. The zero-order valence-electron chi connectivity index (χ0n) is 12.6. The van der Waals surface area contributed by atoms with E-state index in [-0.39, 0.29) is 24.3 Å². The summed E-state index contributed by atoms with van der Waals surface area (Å²) in [5.74, 6) is -0.211. The van der Waals surface area contributed by atoms with Gasteiger partial charge in [-0.2, -0.15) is 0 Å². The van der Waals surface area contributed by atoms with E-state index < -0.39 is 0 Å². The second kappa shape index (κ2) is 5.90. The number of benzene rings is 1. The van der Waals surface area contributed by atoms with Gasteiger partial charge in [-0.25, -0.2) is 0 Å². The average Bonchev–Trinajstić information content (AvgIpc) is 2.50. The molecule has 1 aromatic carbocycles. The first-order chi connectivity index (χ1) is 9.88. The third-order valence-corrected chi connectivity index (χ3v) is 3.11. The number of rotatable bonds is 2. The topological polar surface area (TPSA) is 77.4 Å². The monoisotopic (exact) mass is 289 g/mol. The summed E-state index contributed by atoms with van der Waals surface area (Å²) in [6, 6.07) is 5.04. The maximum Gasteiger partial charge on any atom is 0.226 e. The maximum atomic E-state index is 11.9. The molecule has 0 fully saturated rings. The van der Waals surface area contributed by atoms with Gasteiger partial charge in [0, 0.05) is 33.5 Å². The highest BCUT2D eigenvalue weighted by Gasteiger charge is 2.27. The van der Waals surface area contributed by atoms with Crippen molar-refractivity contribution in [1.82, 2.24) is 5.01 Å². The van der Waals surface area contributed by atoms with Crippen LogP contribution in [-0.2, 0) is 9.59 Å². The predicted molar refractivity (Wildman–Crippen MR) is 80.5 cm³/mol. The van der Waals surface area contributed by atoms with Gasteiger partial charge in [-0.15, -0.1) is 5.11 Å². The molecule has 7 heteroatoms. The average molecular weight is 289 g/mol. The second-order valence-electron chi connectivity index (χ2n) is 5.23. The molecule has 21 heavy (non-hydrogen) atoms. The van der Waals surface area contributed by atoms with E-state index in [1.54, 1.807) is 42.2 Å². The molecule has 0 radical (unpaired) electrons. The number of nitrogens with one attached hydrogen (secondary N) is 1. The molecule has 1 atom stereocenters. The summed E-state index contributed by atoms with van der Waals surface area (Å²) in [7, 11) is 3.55. The lowest BCUT2D eigenvalue weighted by atomic mass is 10.1. The van der Waals surface area contributed by atoms with Crippen LogP contribution in [0.5, 0.6) is 0 Å². The number of anilines is 2. The SMILES string of the molecule is CC(=O)N1c2cc(N=NN(C)C)ccc2NC(=O)CC1C. The highest BCUT2D eigenvalue weighted by molar-refractivity contribution is 6.04. The Balaban J connectivity index is 2.48. The van der Waals surface area contributed by atoms with Crippen molar-refractivity contribution in [2.24, 2.45) is 10.3 Å². The maximum absolute atomic E-state index is 11.9. The van der Waals surface area contributed by atoms with E-state index in [1.165, 1.54) is 6.92 Å². The van der Waals surface area contributed by atoms with Gasteiger partial charge in [0.1, 0.15) is 0 Å². The summed E-state index contributed by atoms with van der Waals surface area (Å²) in [4.78, 5) is 25.4. The fourth-order valence-electron chi connectivity index (χ4n) is 2.31. The number of amides is 2. The molecule has 1 aromatic rings. The van der Waals surface area contributed by atoms with Crippen LogP contribution in [0.1, 0.15) is 20.3 Å². The van der Waals surface area contributed by atoms with Crippen LogP contribution < -0.4 is 10.2 Å². The van der Waals surface area contributed by atoms with Crippen LogP contribution in [0, 0.1) is 0 Å². The Bertz CT molecular complexity index is 597. The number of carbonyl (C=O) groups excluding carboxylic acids is 2. The smallest absolute Gasteiger partial charge is 0.226 e. The number of hydrogen-bond acceptors (Lipinski definition) is 4. The van der Waals surface area contributed by atoms with E-state index in [0.29, 0.717) is 17.1 Å². The minimum atomic E-state index is -0.204. The Morgan fingerprint density at radius 2 is 2.14 bits per heavy atom. The van der Waals surface area contributed by atoms with Crippen LogP contribution >= 0.6 is 0 Å². The second-order valence-corrected chi connectivity index (χ2v) is 5.23. The van der Waals surface area contributed by atoms with Crippen molar-refractivity contribution in [2.45, 2.75) is 26.3 Å². The number of hydrogen-bond donors (Lipinski definition) is 1. The summed E-state index contributed by atoms with van der Waals surface area (Å²) in [5, 5.41) is 12.4. The fraction of sp³-hybridized carbons (Fsp3) is 0.429. The van der Waals surface area contributed by atoms with E-state index in [9.17, 15) is 9.59 Å². The molecule has 1 N–H and O–H groups in total. The van der Waals surface area contributed by atoms with Crippen molar-refractivity contribution in [3.8, 4) is 0 Å². The third kappa shape index (κ3) is 3.36. The molecular weight excluding hydrogens is 270 g/mol. The van der Waals surface area contributed by atoms with Gasteiger partial charge in [0.15, 0.2) is 0 Å². The minimum Gasteiger partial charge on any atom is -0.324 e. The van der Waals surface area contributed by atoms with Gasteiger partial charge in [-0.1, -0.05) is 5.22 Å². The molecule has 1 unspecified atom stereocenters. The van der Waals surface area contributed by atoms with Crippen LogP contribution in [0.25, 0.3) is 0 Å². The highest BCUT2D eigenvalue weighted by Crippen LogP contribution is 2.35. The molecule has 1 aliphatic rings. The molecule has 2 rings (SSSR count). The number of fused-ring (bicyclic) bond motifs is 1. The van der Waals surface area contributed by atoms with Crippen LogP contribution in [-0.4, -0.2) is 37.0 Å². The van der Waals surface area contributed by atoms with Gasteiger partial charge < -0.3 is 10.2 Å². The Morgan fingerprint density at radius 1 is 1.43 bits per heavy atom. The normalized spacial score (nSPS) is 18.2. The Hall–Kier alpha value is -2.44. The van der Waals surface area contributed by atoms with Crippen LogP contribution in [0.4, 0.5) is 17.1 Å². The molecule has 1 heterocycles. The van der Waals surface area contributed by atoms with Gasteiger partial charge in [0.05, 0.1) is 17.1 Å². The van der Waals surface area contributed by atoms with Crippen LogP contribution in [0.3, 0.4) is 0 Å². The van der Waals surface area contributed by atoms with Crippen molar-refractivity contribution in [1.29, 1.82) is 0 Å². The van der Waals surface area contributed by atoms with Gasteiger partial charge in [-0.05, 0) is 25.1 Å². The van der Waals surface area contributed by atoms with Gasteiger partial charge in [0.2, 0.25) is 11.8 Å². The first kappa shape index (κ1) is 15.0. The standard InChI is InChI=1S/C14H19N5O2/c1-9-7-14(21)15-12-6-5-11(16-17-18(3)4)8-13(12)19(9)10(2)20/h5-6,8-9H,7H2,1-4H3,(H,15,21). The summed E-state index contributed by atoms with van der Waals surface area (Å²) in [5.41, 5.74) is 1.89. The molecule has 0 saturated heterocycles. The quantitative estimate of drug-likeness (QED) is 0.670. The fourth-order valence-corrected chi connectivity index (χ4v) is 2.31. The molecule has 1 aliphatic heterocycles. The summed E-state index contributed by atoms with van der Waals surface area (Å²) < 4.78 is 0. The Morgan fingerprint density at radius 3 is 2.76 bits per heavy atom. The molecule has 0 spiro atoms. The highest BCUT2D eigenvalue weighted by atomic mass is 16.2. The predicted octanol–water partition coefficient (Wildman–Crippen LogP) is 2.33. The van der Waals surface area contributed by atoms with E-state index in [0.717, 1.165) is 0 Å². The molecule has 0 aliphatic carbocycles. The molecule has 112 valence electrons. The van der Waals surface area contributed by atoms with Crippen LogP contribution in [0.2, 0.25) is 0 Å². The van der Waals surface area contributed by atoms with Gasteiger partial charge in [0.25, 0.3) is 0 Å². The Kier molecular flexibility index (Phi) is 4.21. The molecule has 0 aromatic heterocycles. The van der Waals surface area contributed by atoms with Crippen LogP contribution in [0.15, 0.2) is 28.5 Å². The number of nitrogens with zero attached hydrogens (tertiary/aromatic N) is 4. The van der Waals surface area contributed by atoms with E-state index in [2.05, 4.69) is 15.7 Å². The largest absolute Gasteiger partial charge is 0.324 e. The molecule has 0 saturated carbocycles. The van der Waals surface area contributed by atoms with Crippen molar-refractivity contribution >= 4 is 28.9 Å². The molecular formula is C14H19N5O2. The number of carbonyl (C=O) groups is 2. The first-order valence-corrected chi connectivity index (χ1v) is 6.71. The van der Waals surface area contributed by atoms with Crippen molar-refractivity contribution < 1.29 is 9.59 Å². The summed E-state index contributed by atoms with van der Waals surface area (Å²) in [6.07, 6.45) is 0.267. The lowest BCUT2D eigenvalue weighted by Crippen LogP contribution is -2.37.